The van der Waals surface area contributed by atoms with Crippen molar-refractivity contribution in [3.8, 4) is 5.88 Å². The Hall–Kier alpha value is -2.48. The lowest BCUT2D eigenvalue weighted by molar-refractivity contribution is -0.138. The average molecular weight is 419 g/mol. The molecule has 2 aromatic rings. The van der Waals surface area contributed by atoms with Crippen molar-refractivity contribution < 1.29 is 14.3 Å². The van der Waals surface area contributed by atoms with Crippen LogP contribution in [0.1, 0.15) is 66.2 Å². The maximum atomic E-state index is 13.4. The molecule has 1 aliphatic rings. The van der Waals surface area contributed by atoms with Gasteiger partial charge in [-0.05, 0) is 49.4 Å². The molecular formula is C21H26N2O5S. The highest BCUT2D eigenvalue weighted by molar-refractivity contribution is 7.99. The SMILES string of the molecule is CCn1ncc(C(=O)c2cc(C)c3c(c2C)C(C)CS3)c1OC(=O)C(C)C.O=O. The summed E-state index contributed by atoms with van der Waals surface area (Å²) in [6.07, 6.45) is 1.51. The summed E-state index contributed by atoms with van der Waals surface area (Å²) in [6.45, 7) is 12.2. The molecule has 1 unspecified atom stereocenters. The maximum Gasteiger partial charge on any atom is 0.315 e. The minimum Gasteiger partial charge on any atom is -0.407 e. The molecule has 8 heteroatoms. The topological polar surface area (TPSA) is 95.3 Å². The molecule has 2 heterocycles. The third-order valence-corrected chi connectivity index (χ3v) is 6.49. The smallest absolute Gasteiger partial charge is 0.315 e. The Labute approximate surface area is 174 Å². The van der Waals surface area contributed by atoms with Gasteiger partial charge in [-0.1, -0.05) is 20.8 Å². The molecule has 0 fully saturated rings. The first-order chi connectivity index (χ1) is 13.8. The van der Waals surface area contributed by atoms with Gasteiger partial charge >= 0.3 is 5.97 Å². The number of hydrogen-bond acceptors (Lipinski definition) is 7. The zero-order chi connectivity index (χ0) is 21.9. The average Bonchev–Trinajstić information content (AvgIpc) is 3.29. The summed E-state index contributed by atoms with van der Waals surface area (Å²) < 4.78 is 7.09. The molecule has 1 aliphatic heterocycles. The quantitative estimate of drug-likeness (QED) is 0.518. The van der Waals surface area contributed by atoms with Crippen molar-refractivity contribution in [3.05, 3.63) is 50.0 Å². The number of ether oxygens (including phenoxy) is 1. The van der Waals surface area contributed by atoms with E-state index < -0.39 is 0 Å². The lowest BCUT2D eigenvalue weighted by Gasteiger charge is -2.15. The lowest BCUT2D eigenvalue weighted by atomic mass is 9.89. The van der Waals surface area contributed by atoms with Gasteiger partial charge in [0, 0.05) is 32.7 Å². The second kappa shape index (κ2) is 9.35. The molecule has 0 saturated heterocycles. The molecule has 0 N–H and O–H groups in total. The fraction of sp³-hybridized carbons (Fsp3) is 0.476. The first-order valence-electron chi connectivity index (χ1n) is 9.51. The summed E-state index contributed by atoms with van der Waals surface area (Å²) in [7, 11) is 0. The molecule has 0 aliphatic carbocycles. The van der Waals surface area contributed by atoms with Crippen molar-refractivity contribution in [2.75, 3.05) is 5.75 Å². The highest BCUT2D eigenvalue weighted by atomic mass is 32.2. The molecule has 0 amide bonds. The van der Waals surface area contributed by atoms with Gasteiger partial charge in [0.25, 0.3) is 0 Å². The first-order valence-corrected chi connectivity index (χ1v) is 10.5. The molecule has 156 valence electrons. The summed E-state index contributed by atoms with van der Waals surface area (Å²) in [6, 6.07) is 1.96. The molecule has 1 aromatic heterocycles. The van der Waals surface area contributed by atoms with E-state index in [1.54, 1.807) is 18.5 Å². The monoisotopic (exact) mass is 418 g/mol. The predicted octanol–water partition coefficient (Wildman–Crippen LogP) is 4.59. The summed E-state index contributed by atoms with van der Waals surface area (Å²) in [5.74, 6) is 0.906. The van der Waals surface area contributed by atoms with E-state index in [-0.39, 0.29) is 23.6 Å². The van der Waals surface area contributed by atoms with Gasteiger partial charge in [-0.2, -0.15) is 5.10 Å². The second-order valence-corrected chi connectivity index (χ2v) is 8.44. The highest BCUT2D eigenvalue weighted by Crippen LogP contribution is 2.44. The maximum absolute atomic E-state index is 13.4. The van der Waals surface area contributed by atoms with E-state index >= 15 is 0 Å². The fourth-order valence-electron chi connectivity index (χ4n) is 3.45. The van der Waals surface area contributed by atoms with Crippen molar-refractivity contribution in [2.24, 2.45) is 5.92 Å². The molecule has 7 nitrogen and oxygen atoms in total. The van der Waals surface area contributed by atoms with E-state index in [0.29, 0.717) is 23.6 Å². The number of aryl methyl sites for hydroxylation is 2. The summed E-state index contributed by atoms with van der Waals surface area (Å²) in [5, 5.41) is 4.25. The molecule has 1 atom stereocenters. The summed E-state index contributed by atoms with van der Waals surface area (Å²) in [4.78, 5) is 40.8. The summed E-state index contributed by atoms with van der Waals surface area (Å²) >= 11 is 1.86. The van der Waals surface area contributed by atoms with Crippen molar-refractivity contribution in [1.29, 1.82) is 0 Å². The number of hydrogen-bond donors (Lipinski definition) is 0. The van der Waals surface area contributed by atoms with Crippen LogP contribution in [-0.2, 0) is 11.3 Å². The number of benzene rings is 1. The Balaban J connectivity index is 0.00000145. The van der Waals surface area contributed by atoms with E-state index in [1.165, 1.54) is 16.7 Å². The molecule has 1 aromatic carbocycles. The van der Waals surface area contributed by atoms with Crippen LogP contribution >= 0.6 is 11.8 Å². The van der Waals surface area contributed by atoms with Gasteiger partial charge in [-0.25, -0.2) is 4.68 Å². The number of carbonyl (C=O) groups excluding carboxylic acids is 2. The van der Waals surface area contributed by atoms with E-state index in [9.17, 15) is 9.59 Å². The zero-order valence-electron chi connectivity index (χ0n) is 17.6. The van der Waals surface area contributed by atoms with Crippen LogP contribution in [0.25, 0.3) is 0 Å². The van der Waals surface area contributed by atoms with Gasteiger partial charge in [0.2, 0.25) is 5.88 Å². The number of fused-ring (bicyclic) bond motifs is 1. The van der Waals surface area contributed by atoms with E-state index in [4.69, 9.17) is 14.7 Å². The van der Waals surface area contributed by atoms with Gasteiger partial charge < -0.3 is 4.74 Å². The van der Waals surface area contributed by atoms with Crippen molar-refractivity contribution in [1.82, 2.24) is 9.78 Å². The van der Waals surface area contributed by atoms with Gasteiger partial charge in [-0.15, -0.1) is 11.8 Å². The van der Waals surface area contributed by atoms with Gasteiger partial charge in [0.15, 0.2) is 5.78 Å². The van der Waals surface area contributed by atoms with Crippen LogP contribution in [0.4, 0.5) is 0 Å². The first kappa shape index (κ1) is 22.8. The molecule has 3 rings (SSSR count). The lowest BCUT2D eigenvalue weighted by Crippen LogP contribution is -2.19. The number of nitrogens with zero attached hydrogens (tertiary/aromatic N) is 2. The van der Waals surface area contributed by atoms with Crippen molar-refractivity contribution in [2.45, 2.75) is 58.9 Å². The summed E-state index contributed by atoms with van der Waals surface area (Å²) in [5.41, 5.74) is 4.41. The largest absolute Gasteiger partial charge is 0.407 e. The number of carbonyl (C=O) groups is 2. The molecule has 29 heavy (non-hydrogen) atoms. The Morgan fingerprint density at radius 3 is 2.52 bits per heavy atom. The number of thioether (sulfide) groups is 1. The van der Waals surface area contributed by atoms with Crippen LogP contribution in [-0.4, -0.2) is 27.3 Å². The van der Waals surface area contributed by atoms with Gasteiger partial charge in [0.05, 0.1) is 12.1 Å². The zero-order valence-corrected chi connectivity index (χ0v) is 18.4. The molecule has 0 radical (unpaired) electrons. The number of ketones is 1. The van der Waals surface area contributed by atoms with Crippen LogP contribution in [0.3, 0.4) is 0 Å². The fourth-order valence-corrected chi connectivity index (χ4v) is 4.83. The van der Waals surface area contributed by atoms with Crippen molar-refractivity contribution in [3.63, 3.8) is 0 Å². The third-order valence-electron chi connectivity index (χ3n) is 4.99. The Kier molecular flexibility index (Phi) is 7.35. The number of esters is 1. The van der Waals surface area contributed by atoms with Gasteiger partial charge in [0.1, 0.15) is 5.56 Å². The minimum absolute atomic E-state index is 0.145. The minimum atomic E-state index is -0.369. The van der Waals surface area contributed by atoms with E-state index in [0.717, 1.165) is 16.9 Å². The van der Waals surface area contributed by atoms with Crippen LogP contribution in [0.15, 0.2) is 17.2 Å². The van der Waals surface area contributed by atoms with Gasteiger partial charge in [-0.3, -0.25) is 9.59 Å². The Bertz CT molecular complexity index is 936. The van der Waals surface area contributed by atoms with Crippen molar-refractivity contribution >= 4 is 23.5 Å². The number of aromatic nitrogens is 2. The van der Waals surface area contributed by atoms with Crippen LogP contribution in [0.2, 0.25) is 0 Å². The third kappa shape index (κ3) is 4.27. The van der Waals surface area contributed by atoms with E-state index in [2.05, 4.69) is 18.9 Å². The van der Waals surface area contributed by atoms with Crippen LogP contribution in [0, 0.1) is 29.7 Å². The molecule has 0 saturated carbocycles. The van der Waals surface area contributed by atoms with E-state index in [1.807, 2.05) is 31.7 Å². The normalized spacial score (nSPS) is 14.9. The Morgan fingerprint density at radius 2 is 1.93 bits per heavy atom. The highest BCUT2D eigenvalue weighted by Gasteiger charge is 2.29. The Morgan fingerprint density at radius 1 is 1.28 bits per heavy atom. The number of rotatable bonds is 5. The predicted molar refractivity (Wildman–Crippen MR) is 114 cm³/mol. The molecule has 0 bridgehead atoms. The van der Waals surface area contributed by atoms with Crippen LogP contribution < -0.4 is 4.74 Å². The molecular weight excluding hydrogens is 392 g/mol. The molecule has 0 spiro atoms. The van der Waals surface area contributed by atoms with Crippen LogP contribution in [0.5, 0.6) is 5.88 Å². The standard InChI is InChI=1S/C21H26N2O3S.O2/c1-7-23-20(26-21(25)11(2)3)16(9-22-23)18(24)15-8-12(4)19-17(14(15)6)13(5)10-27-19;1-2/h8-9,11,13H,7,10H2,1-6H3;. The second-order valence-electron chi connectivity index (χ2n) is 7.40.